The van der Waals surface area contributed by atoms with Crippen molar-refractivity contribution in [2.45, 2.75) is 26.3 Å². The van der Waals surface area contributed by atoms with Gasteiger partial charge in [0.15, 0.2) is 0 Å². The highest BCUT2D eigenvalue weighted by Gasteiger charge is 2.06. The second-order valence-corrected chi connectivity index (χ2v) is 7.13. The summed E-state index contributed by atoms with van der Waals surface area (Å²) in [6.45, 7) is 5.38. The van der Waals surface area contributed by atoms with E-state index in [1.807, 2.05) is 24.4 Å². The lowest BCUT2D eigenvalue weighted by Crippen LogP contribution is -2.19. The Kier molecular flexibility index (Phi) is 5.77. The number of benzene rings is 2. The molecule has 4 rings (SSSR count). The van der Waals surface area contributed by atoms with Crippen LogP contribution in [0, 0.1) is 0 Å². The van der Waals surface area contributed by atoms with Gasteiger partial charge in [0.25, 0.3) is 0 Å². The van der Waals surface area contributed by atoms with Gasteiger partial charge in [-0.25, -0.2) is 9.97 Å². The predicted molar refractivity (Wildman–Crippen MR) is 119 cm³/mol. The number of hydrogen-bond acceptors (Lipinski definition) is 5. The fourth-order valence-electron chi connectivity index (χ4n) is 3.28. The van der Waals surface area contributed by atoms with E-state index in [0.29, 0.717) is 12.0 Å². The number of anilines is 2. The molecule has 0 radical (unpaired) electrons. The number of nitrogens with zero attached hydrogens (tertiary/aromatic N) is 3. The van der Waals surface area contributed by atoms with Crippen LogP contribution in [0.4, 0.5) is 11.6 Å². The summed E-state index contributed by atoms with van der Waals surface area (Å²) >= 11 is 0. The molecule has 2 aromatic heterocycles. The van der Waals surface area contributed by atoms with Crippen LogP contribution in [0.25, 0.3) is 22.0 Å². The third-order valence-corrected chi connectivity index (χ3v) is 4.96. The van der Waals surface area contributed by atoms with E-state index in [1.54, 1.807) is 12.4 Å². The molecule has 4 aromatic rings. The summed E-state index contributed by atoms with van der Waals surface area (Å²) in [6.07, 6.45) is 6.59. The van der Waals surface area contributed by atoms with Crippen LogP contribution < -0.4 is 10.6 Å². The van der Waals surface area contributed by atoms with Crippen LogP contribution in [0.5, 0.6) is 0 Å². The van der Waals surface area contributed by atoms with E-state index in [2.05, 4.69) is 75.8 Å². The van der Waals surface area contributed by atoms with Gasteiger partial charge in [0.2, 0.25) is 5.95 Å². The van der Waals surface area contributed by atoms with Crippen molar-refractivity contribution >= 4 is 22.5 Å². The molecule has 0 saturated heterocycles. The number of pyridine rings is 1. The molecule has 0 aliphatic heterocycles. The third kappa shape index (κ3) is 4.58. The van der Waals surface area contributed by atoms with Crippen molar-refractivity contribution in [1.29, 1.82) is 0 Å². The van der Waals surface area contributed by atoms with E-state index in [1.165, 1.54) is 5.56 Å². The van der Waals surface area contributed by atoms with Gasteiger partial charge in [0.05, 0.1) is 5.52 Å². The average Bonchev–Trinajstić information content (AvgIpc) is 2.78. The summed E-state index contributed by atoms with van der Waals surface area (Å²) in [5, 5.41) is 7.82. The number of rotatable bonds is 7. The van der Waals surface area contributed by atoms with Crippen molar-refractivity contribution in [3.8, 4) is 11.1 Å². The zero-order valence-electron chi connectivity index (χ0n) is 16.8. The highest BCUT2D eigenvalue weighted by molar-refractivity contribution is 5.84. The lowest BCUT2D eigenvalue weighted by Gasteiger charge is -2.14. The highest BCUT2D eigenvalue weighted by Crippen LogP contribution is 2.24. The Hall–Kier alpha value is -3.31. The molecule has 0 aliphatic rings. The predicted octanol–water partition coefficient (Wildman–Crippen LogP) is 5.50. The minimum Gasteiger partial charge on any atom is -0.324 e. The second-order valence-electron chi connectivity index (χ2n) is 7.13. The third-order valence-electron chi connectivity index (χ3n) is 4.96. The average molecular weight is 383 g/mol. The van der Waals surface area contributed by atoms with Crippen molar-refractivity contribution in [2.24, 2.45) is 0 Å². The molecular weight excluding hydrogens is 358 g/mol. The Balaban J connectivity index is 1.50. The summed E-state index contributed by atoms with van der Waals surface area (Å²) in [7, 11) is 0. The number of hydrogen-bond donors (Lipinski definition) is 2. The minimum atomic E-state index is 0.343. The van der Waals surface area contributed by atoms with Gasteiger partial charge in [-0.05, 0) is 73.0 Å². The molecule has 0 fully saturated rings. The summed E-state index contributed by atoms with van der Waals surface area (Å²) in [5.41, 5.74) is 5.42. The van der Waals surface area contributed by atoms with Crippen molar-refractivity contribution in [1.82, 2.24) is 20.3 Å². The van der Waals surface area contributed by atoms with Crippen molar-refractivity contribution in [3.63, 3.8) is 0 Å². The van der Waals surface area contributed by atoms with E-state index in [0.717, 1.165) is 40.7 Å². The minimum absolute atomic E-state index is 0.343. The molecule has 0 saturated carbocycles. The lowest BCUT2D eigenvalue weighted by molar-refractivity contribution is 0.571. The highest BCUT2D eigenvalue weighted by atomic mass is 15.1. The Morgan fingerprint density at radius 3 is 2.48 bits per heavy atom. The first kappa shape index (κ1) is 19.0. The van der Waals surface area contributed by atoms with Crippen molar-refractivity contribution in [2.75, 3.05) is 11.9 Å². The molecule has 0 unspecified atom stereocenters. The Morgan fingerprint density at radius 1 is 0.931 bits per heavy atom. The molecule has 0 spiro atoms. The Labute approximate surface area is 171 Å². The molecule has 5 nitrogen and oxygen atoms in total. The zero-order valence-corrected chi connectivity index (χ0v) is 16.8. The first-order valence-corrected chi connectivity index (χ1v) is 10.0. The standard InChI is InChI=1S/C24H25N5/c1-3-12-26-17(2)18-4-7-22(8-5-18)28-24-27-16-21-15-20(6-9-23(21)29-24)19-10-13-25-14-11-19/h4-11,13-17,26H,3,12H2,1-2H3,(H,27,28,29)/t17-/m0/s1. The van der Waals surface area contributed by atoms with E-state index < -0.39 is 0 Å². The first-order valence-electron chi connectivity index (χ1n) is 10.0. The number of fused-ring (bicyclic) bond motifs is 1. The van der Waals surface area contributed by atoms with Gasteiger partial charge in [-0.3, -0.25) is 4.98 Å². The van der Waals surface area contributed by atoms with Crippen LogP contribution in [-0.2, 0) is 0 Å². The lowest BCUT2D eigenvalue weighted by atomic mass is 10.1. The normalized spacial score (nSPS) is 12.1. The van der Waals surface area contributed by atoms with Crippen LogP contribution in [0.2, 0.25) is 0 Å². The molecule has 0 bridgehead atoms. The Bertz CT molecular complexity index is 1080. The SMILES string of the molecule is CCCN[C@@H](C)c1ccc(Nc2ncc3cc(-c4ccncc4)ccc3n2)cc1. The molecule has 1 atom stereocenters. The molecule has 29 heavy (non-hydrogen) atoms. The van der Waals surface area contributed by atoms with Crippen LogP contribution >= 0.6 is 0 Å². The van der Waals surface area contributed by atoms with Gasteiger partial charge < -0.3 is 10.6 Å². The first-order chi connectivity index (χ1) is 14.2. The smallest absolute Gasteiger partial charge is 0.227 e. The van der Waals surface area contributed by atoms with Gasteiger partial charge in [-0.1, -0.05) is 25.1 Å². The van der Waals surface area contributed by atoms with Crippen molar-refractivity contribution < 1.29 is 0 Å². The topological polar surface area (TPSA) is 62.7 Å². The quantitative estimate of drug-likeness (QED) is 0.441. The molecule has 0 amide bonds. The van der Waals surface area contributed by atoms with E-state index in [-0.39, 0.29) is 0 Å². The summed E-state index contributed by atoms with van der Waals surface area (Å²) in [4.78, 5) is 13.2. The van der Waals surface area contributed by atoms with E-state index in [4.69, 9.17) is 0 Å². The van der Waals surface area contributed by atoms with E-state index >= 15 is 0 Å². The van der Waals surface area contributed by atoms with Crippen LogP contribution in [-0.4, -0.2) is 21.5 Å². The number of nitrogens with one attached hydrogen (secondary N) is 2. The molecule has 146 valence electrons. The van der Waals surface area contributed by atoms with Gasteiger partial charge in [-0.15, -0.1) is 0 Å². The van der Waals surface area contributed by atoms with Gasteiger partial charge in [0.1, 0.15) is 0 Å². The van der Waals surface area contributed by atoms with E-state index in [9.17, 15) is 0 Å². The monoisotopic (exact) mass is 383 g/mol. The molecule has 0 aliphatic carbocycles. The molecule has 2 aromatic carbocycles. The fourth-order valence-corrected chi connectivity index (χ4v) is 3.28. The van der Waals surface area contributed by atoms with Crippen molar-refractivity contribution in [3.05, 3.63) is 78.8 Å². The largest absolute Gasteiger partial charge is 0.324 e. The second kappa shape index (κ2) is 8.80. The summed E-state index contributed by atoms with van der Waals surface area (Å²) < 4.78 is 0. The summed E-state index contributed by atoms with van der Waals surface area (Å²) in [6, 6.07) is 19.0. The van der Waals surface area contributed by atoms with Gasteiger partial charge in [-0.2, -0.15) is 0 Å². The molecule has 5 heteroatoms. The van der Waals surface area contributed by atoms with Crippen LogP contribution in [0.1, 0.15) is 31.9 Å². The molecule has 2 heterocycles. The summed E-state index contributed by atoms with van der Waals surface area (Å²) in [5.74, 6) is 0.596. The maximum Gasteiger partial charge on any atom is 0.227 e. The van der Waals surface area contributed by atoms with Crippen LogP contribution in [0.3, 0.4) is 0 Å². The zero-order chi connectivity index (χ0) is 20.1. The molecule has 2 N–H and O–H groups in total. The van der Waals surface area contributed by atoms with Crippen LogP contribution in [0.15, 0.2) is 73.2 Å². The molecular formula is C24H25N5. The Morgan fingerprint density at radius 2 is 1.72 bits per heavy atom. The fraction of sp³-hybridized carbons (Fsp3) is 0.208. The van der Waals surface area contributed by atoms with Gasteiger partial charge in [0, 0.05) is 35.7 Å². The van der Waals surface area contributed by atoms with Gasteiger partial charge >= 0.3 is 0 Å². The maximum atomic E-state index is 4.66. The number of aromatic nitrogens is 3. The maximum absolute atomic E-state index is 4.66.